The van der Waals surface area contributed by atoms with Crippen molar-refractivity contribution in [1.82, 2.24) is 9.78 Å². The predicted octanol–water partition coefficient (Wildman–Crippen LogP) is 1.46. The molecule has 0 fully saturated rings. The number of fused-ring (bicyclic) bond motifs is 1. The minimum Gasteiger partial charge on any atom is -0.382 e. The van der Waals surface area contributed by atoms with Crippen molar-refractivity contribution < 1.29 is 0 Å². The van der Waals surface area contributed by atoms with Crippen LogP contribution in [0.2, 0.25) is 0 Å². The molecule has 2 aromatic rings. The van der Waals surface area contributed by atoms with Gasteiger partial charge in [0.2, 0.25) is 0 Å². The molecule has 1 heterocycles. The van der Waals surface area contributed by atoms with Gasteiger partial charge in [0, 0.05) is 12.4 Å². The molecular weight excluding hydrogens is 150 g/mol. The summed E-state index contributed by atoms with van der Waals surface area (Å²) in [5.41, 5.74) is 8.02. The number of rotatable bonds is 0. The smallest absolute Gasteiger partial charge is 0.153 e. The maximum Gasteiger partial charge on any atom is 0.153 e. The Labute approximate surface area is 70.8 Å². The first kappa shape index (κ1) is 7.16. The Bertz CT molecular complexity index is 429. The molecule has 1 aromatic heterocycles. The molecule has 0 saturated heterocycles. The van der Waals surface area contributed by atoms with Crippen molar-refractivity contribution in [2.24, 2.45) is 7.05 Å². The van der Waals surface area contributed by atoms with Gasteiger partial charge < -0.3 is 5.73 Å². The lowest BCUT2D eigenvalue weighted by Crippen LogP contribution is -1.90. The van der Waals surface area contributed by atoms with Gasteiger partial charge in [-0.15, -0.1) is 0 Å². The third-order valence-electron chi connectivity index (χ3n) is 2.11. The third kappa shape index (κ3) is 0.794. The van der Waals surface area contributed by atoms with Crippen molar-refractivity contribution in [2.45, 2.75) is 6.92 Å². The standard InChI is InChI=1S/C9H11N3/c1-6-4-3-5-7-8(6)9(10)11-12(7)2/h3-5H,1-2H3,(H2,10,11). The van der Waals surface area contributed by atoms with E-state index in [4.69, 9.17) is 5.73 Å². The average molecular weight is 161 g/mol. The van der Waals surface area contributed by atoms with Crippen LogP contribution in [-0.4, -0.2) is 9.78 Å². The molecular formula is C9H11N3. The van der Waals surface area contributed by atoms with Gasteiger partial charge in [-0.1, -0.05) is 12.1 Å². The zero-order valence-electron chi connectivity index (χ0n) is 7.20. The first-order valence-electron chi connectivity index (χ1n) is 3.88. The Balaban J connectivity index is 2.99. The van der Waals surface area contributed by atoms with Crippen LogP contribution < -0.4 is 5.73 Å². The summed E-state index contributed by atoms with van der Waals surface area (Å²) in [6, 6.07) is 6.07. The molecule has 0 amide bonds. The summed E-state index contributed by atoms with van der Waals surface area (Å²) in [4.78, 5) is 0. The summed E-state index contributed by atoms with van der Waals surface area (Å²) in [7, 11) is 1.90. The first-order valence-corrected chi connectivity index (χ1v) is 3.88. The number of aryl methyl sites for hydroxylation is 2. The van der Waals surface area contributed by atoms with E-state index >= 15 is 0 Å². The number of hydrogen-bond acceptors (Lipinski definition) is 2. The maximum absolute atomic E-state index is 5.75. The van der Waals surface area contributed by atoms with Gasteiger partial charge in [-0.3, -0.25) is 4.68 Å². The minimum absolute atomic E-state index is 0.616. The monoisotopic (exact) mass is 161 g/mol. The Morgan fingerprint density at radius 3 is 2.83 bits per heavy atom. The number of nitrogens with zero attached hydrogens (tertiary/aromatic N) is 2. The molecule has 0 unspecified atom stereocenters. The molecule has 3 nitrogen and oxygen atoms in total. The van der Waals surface area contributed by atoms with Gasteiger partial charge in [-0.25, -0.2) is 0 Å². The molecule has 3 heteroatoms. The lowest BCUT2D eigenvalue weighted by Gasteiger charge is -1.95. The summed E-state index contributed by atoms with van der Waals surface area (Å²) in [6.45, 7) is 2.04. The fraction of sp³-hybridized carbons (Fsp3) is 0.222. The van der Waals surface area contributed by atoms with Crippen molar-refractivity contribution >= 4 is 16.7 Å². The van der Waals surface area contributed by atoms with Crippen molar-refractivity contribution in [3.63, 3.8) is 0 Å². The Hall–Kier alpha value is -1.51. The zero-order chi connectivity index (χ0) is 8.72. The zero-order valence-corrected chi connectivity index (χ0v) is 7.20. The van der Waals surface area contributed by atoms with Crippen LogP contribution in [0.3, 0.4) is 0 Å². The van der Waals surface area contributed by atoms with Crippen molar-refractivity contribution in [2.75, 3.05) is 5.73 Å². The summed E-state index contributed by atoms with van der Waals surface area (Å²) in [6.07, 6.45) is 0. The van der Waals surface area contributed by atoms with Crippen molar-refractivity contribution in [3.05, 3.63) is 23.8 Å². The lowest BCUT2D eigenvalue weighted by molar-refractivity contribution is 0.802. The van der Waals surface area contributed by atoms with E-state index in [0.717, 1.165) is 10.9 Å². The van der Waals surface area contributed by atoms with Crippen LogP contribution in [0.4, 0.5) is 5.82 Å². The Morgan fingerprint density at radius 2 is 2.17 bits per heavy atom. The van der Waals surface area contributed by atoms with Crippen LogP contribution in [0, 0.1) is 6.92 Å². The van der Waals surface area contributed by atoms with Gasteiger partial charge >= 0.3 is 0 Å². The van der Waals surface area contributed by atoms with E-state index in [1.54, 1.807) is 4.68 Å². The van der Waals surface area contributed by atoms with Gasteiger partial charge in [0.25, 0.3) is 0 Å². The topological polar surface area (TPSA) is 43.8 Å². The highest BCUT2D eigenvalue weighted by Gasteiger charge is 2.05. The molecule has 0 radical (unpaired) electrons. The highest BCUT2D eigenvalue weighted by molar-refractivity contribution is 5.91. The molecule has 2 N–H and O–H groups in total. The molecule has 0 bridgehead atoms. The average Bonchev–Trinajstić information content (AvgIpc) is 2.29. The van der Waals surface area contributed by atoms with E-state index in [1.807, 2.05) is 32.2 Å². The molecule has 0 saturated carbocycles. The second-order valence-electron chi connectivity index (χ2n) is 2.98. The molecule has 12 heavy (non-hydrogen) atoms. The number of nitrogen functional groups attached to an aromatic ring is 1. The van der Waals surface area contributed by atoms with Crippen LogP contribution in [0.1, 0.15) is 5.56 Å². The van der Waals surface area contributed by atoms with Crippen molar-refractivity contribution in [3.8, 4) is 0 Å². The second-order valence-corrected chi connectivity index (χ2v) is 2.98. The summed E-state index contributed by atoms with van der Waals surface area (Å²) in [5.74, 6) is 0.616. The highest BCUT2D eigenvalue weighted by atomic mass is 15.3. The van der Waals surface area contributed by atoms with Gasteiger partial charge in [-0.2, -0.15) is 5.10 Å². The molecule has 2 rings (SSSR count). The summed E-state index contributed by atoms with van der Waals surface area (Å²) >= 11 is 0. The fourth-order valence-electron chi connectivity index (χ4n) is 1.52. The number of benzene rings is 1. The lowest BCUT2D eigenvalue weighted by atomic mass is 10.1. The predicted molar refractivity (Wildman–Crippen MR) is 49.9 cm³/mol. The second kappa shape index (κ2) is 2.24. The van der Waals surface area contributed by atoms with Crippen LogP contribution in [0.15, 0.2) is 18.2 Å². The van der Waals surface area contributed by atoms with E-state index in [2.05, 4.69) is 5.10 Å². The molecule has 62 valence electrons. The number of hydrogen-bond donors (Lipinski definition) is 1. The van der Waals surface area contributed by atoms with Crippen LogP contribution in [0.5, 0.6) is 0 Å². The van der Waals surface area contributed by atoms with E-state index < -0.39 is 0 Å². The number of aromatic nitrogens is 2. The van der Waals surface area contributed by atoms with E-state index in [9.17, 15) is 0 Å². The van der Waals surface area contributed by atoms with E-state index in [-0.39, 0.29) is 0 Å². The molecule has 0 atom stereocenters. The van der Waals surface area contributed by atoms with Gasteiger partial charge in [0.15, 0.2) is 5.82 Å². The normalized spacial score (nSPS) is 10.8. The maximum atomic E-state index is 5.75. The summed E-state index contributed by atoms with van der Waals surface area (Å²) in [5, 5.41) is 5.21. The SMILES string of the molecule is Cc1cccc2c1c(N)nn2C. The van der Waals surface area contributed by atoms with Gasteiger partial charge in [0.05, 0.1) is 5.52 Å². The largest absolute Gasteiger partial charge is 0.382 e. The van der Waals surface area contributed by atoms with Crippen LogP contribution in [-0.2, 0) is 7.05 Å². The Morgan fingerprint density at radius 1 is 1.42 bits per heavy atom. The van der Waals surface area contributed by atoms with Crippen LogP contribution >= 0.6 is 0 Å². The van der Waals surface area contributed by atoms with Crippen LogP contribution in [0.25, 0.3) is 10.9 Å². The summed E-state index contributed by atoms with van der Waals surface area (Å²) < 4.78 is 1.80. The molecule has 0 aliphatic heterocycles. The minimum atomic E-state index is 0.616. The third-order valence-corrected chi connectivity index (χ3v) is 2.11. The first-order chi connectivity index (χ1) is 5.70. The Kier molecular flexibility index (Phi) is 1.33. The highest BCUT2D eigenvalue weighted by Crippen LogP contribution is 2.22. The quantitative estimate of drug-likeness (QED) is 0.635. The molecule has 1 aromatic carbocycles. The van der Waals surface area contributed by atoms with Gasteiger partial charge in [0.1, 0.15) is 0 Å². The van der Waals surface area contributed by atoms with E-state index in [0.29, 0.717) is 5.82 Å². The van der Waals surface area contributed by atoms with E-state index in [1.165, 1.54) is 5.56 Å². The van der Waals surface area contributed by atoms with Crippen molar-refractivity contribution in [1.29, 1.82) is 0 Å². The number of nitrogens with two attached hydrogens (primary N) is 1. The number of anilines is 1. The fourth-order valence-corrected chi connectivity index (χ4v) is 1.52. The van der Waals surface area contributed by atoms with Gasteiger partial charge in [-0.05, 0) is 18.6 Å². The molecule has 0 aliphatic rings. The molecule has 0 aliphatic carbocycles. The molecule has 0 spiro atoms.